The van der Waals surface area contributed by atoms with Gasteiger partial charge in [0.15, 0.2) is 0 Å². The zero-order valence-corrected chi connectivity index (χ0v) is 19.8. The highest BCUT2D eigenvalue weighted by Gasteiger charge is 2.56. The third-order valence-corrected chi connectivity index (χ3v) is 13.9. The van der Waals surface area contributed by atoms with Gasteiger partial charge in [0.1, 0.15) is 0 Å². The Bertz CT molecular complexity index is 489. The molecular formula is C20H36F2Si2. The summed E-state index contributed by atoms with van der Waals surface area (Å²) in [5, 5.41) is -2.06. The molecule has 0 saturated heterocycles. The Labute approximate surface area is 151 Å². The summed E-state index contributed by atoms with van der Waals surface area (Å²) in [7, 11) is -6.82. The van der Waals surface area contributed by atoms with Crippen molar-refractivity contribution in [3.63, 3.8) is 0 Å². The zero-order valence-electron chi connectivity index (χ0n) is 17.8. The summed E-state index contributed by atoms with van der Waals surface area (Å²) in [5.74, 6) is 5.42. The Kier molecular flexibility index (Phi) is 6.45. The van der Waals surface area contributed by atoms with Gasteiger partial charge in [0.05, 0.1) is 0 Å². The summed E-state index contributed by atoms with van der Waals surface area (Å²) in [5.41, 5.74) is 5.71. The maximum atomic E-state index is 15.7. The minimum atomic E-state index is -3.41. The van der Waals surface area contributed by atoms with E-state index in [1.165, 1.54) is 0 Å². The second-order valence-electron chi connectivity index (χ2n) is 10.8. The van der Waals surface area contributed by atoms with Gasteiger partial charge in [-0.25, -0.2) is 0 Å². The van der Waals surface area contributed by atoms with Gasteiger partial charge in [-0.2, -0.15) is 0 Å². The highest BCUT2D eigenvalue weighted by atomic mass is 28.4. The lowest BCUT2D eigenvalue weighted by Gasteiger charge is -2.40. The average Bonchev–Trinajstić information content (AvgIpc) is 2.28. The monoisotopic (exact) mass is 370 g/mol. The first kappa shape index (κ1) is 23.4. The molecule has 0 rings (SSSR count). The summed E-state index contributed by atoms with van der Waals surface area (Å²) in [6.45, 7) is 22.7. The van der Waals surface area contributed by atoms with Crippen LogP contribution in [0.5, 0.6) is 0 Å². The van der Waals surface area contributed by atoms with Crippen molar-refractivity contribution in [2.24, 2.45) is 0 Å². The Balaban J connectivity index is 6.05. The van der Waals surface area contributed by atoms with Crippen molar-refractivity contribution in [1.29, 1.82) is 0 Å². The Hall–Kier alpha value is -0.586. The van der Waals surface area contributed by atoms with Crippen molar-refractivity contribution in [1.82, 2.24) is 0 Å². The first-order chi connectivity index (χ1) is 10.2. The van der Waals surface area contributed by atoms with Gasteiger partial charge in [0.25, 0.3) is 0 Å². The van der Waals surface area contributed by atoms with Crippen molar-refractivity contribution in [3.05, 3.63) is 0 Å². The second-order valence-corrected chi connectivity index (χ2v) is 20.0. The first-order valence-corrected chi connectivity index (χ1v) is 12.4. The lowest BCUT2D eigenvalue weighted by atomic mass is 10.2. The zero-order chi connectivity index (χ0) is 19.8. The van der Waals surface area contributed by atoms with E-state index in [9.17, 15) is 0 Å². The SMILES string of the molecule is CC(C)(C)[Si](F)(C#CC#C[Si](F)(C(C)(C)C)C(C)(C)C)C(C)(C)C. The molecule has 0 aliphatic heterocycles. The van der Waals surface area contributed by atoms with Crippen molar-refractivity contribution >= 4 is 16.8 Å². The molecule has 0 aromatic carbocycles. The molecule has 0 aliphatic rings. The Morgan fingerprint density at radius 1 is 0.458 bits per heavy atom. The average molecular weight is 371 g/mol. The molecule has 0 N–H and O–H groups in total. The smallest absolute Gasteiger partial charge is 0.296 e. The number of hydrogen-bond donors (Lipinski definition) is 0. The van der Waals surface area contributed by atoms with Crippen LogP contribution in [0.2, 0.25) is 20.2 Å². The van der Waals surface area contributed by atoms with Crippen LogP contribution in [0.15, 0.2) is 0 Å². The van der Waals surface area contributed by atoms with Gasteiger partial charge in [-0.15, -0.1) is 0 Å². The highest BCUT2D eigenvalue weighted by molar-refractivity contribution is 6.87. The largest absolute Gasteiger partial charge is 0.334 e. The lowest BCUT2D eigenvalue weighted by Crippen LogP contribution is -2.47. The van der Waals surface area contributed by atoms with Crippen LogP contribution in [0, 0.1) is 22.9 Å². The standard InChI is InChI=1S/C20H36F2Si2/c1-17(2,3)23(21,18(4,5)6)15-13-14-16-24(22,19(7,8)9)20(10,11)12/h1-12H3. The molecular weight excluding hydrogens is 334 g/mol. The Morgan fingerprint density at radius 3 is 0.750 bits per heavy atom. The van der Waals surface area contributed by atoms with Gasteiger partial charge in [0.2, 0.25) is 0 Å². The van der Waals surface area contributed by atoms with Crippen LogP contribution in [0.1, 0.15) is 83.1 Å². The lowest BCUT2D eigenvalue weighted by molar-refractivity contribution is 0.536. The number of halogens is 2. The van der Waals surface area contributed by atoms with Crippen LogP contribution in [0.25, 0.3) is 0 Å². The van der Waals surface area contributed by atoms with E-state index in [-0.39, 0.29) is 0 Å². The molecule has 138 valence electrons. The molecule has 0 amide bonds. The molecule has 0 unspecified atom stereocenters. The molecule has 0 aromatic rings. The van der Waals surface area contributed by atoms with Crippen molar-refractivity contribution in [2.75, 3.05) is 0 Å². The first-order valence-electron chi connectivity index (χ1n) is 8.63. The fraction of sp³-hybridized carbons (Fsp3) is 0.800. The van der Waals surface area contributed by atoms with Crippen LogP contribution in [0.3, 0.4) is 0 Å². The third kappa shape index (κ3) is 4.52. The van der Waals surface area contributed by atoms with Gasteiger partial charge in [-0.3, -0.25) is 8.22 Å². The van der Waals surface area contributed by atoms with Gasteiger partial charge in [0, 0.05) is 0 Å². The molecule has 0 bridgehead atoms. The second kappa shape index (κ2) is 6.62. The highest BCUT2D eigenvalue weighted by Crippen LogP contribution is 2.52. The van der Waals surface area contributed by atoms with Gasteiger partial charge < -0.3 is 0 Å². The van der Waals surface area contributed by atoms with E-state index in [1.807, 2.05) is 83.1 Å². The summed E-state index contributed by atoms with van der Waals surface area (Å²) in [6, 6.07) is 0. The topological polar surface area (TPSA) is 0 Å². The van der Waals surface area contributed by atoms with E-state index < -0.39 is 37.0 Å². The fourth-order valence-corrected chi connectivity index (χ4v) is 9.70. The molecule has 0 spiro atoms. The summed E-state index contributed by atoms with van der Waals surface area (Å²) in [6.07, 6.45) is 0. The normalized spacial score (nSPS) is 14.4. The molecule has 0 heterocycles. The summed E-state index contributed by atoms with van der Waals surface area (Å²) in [4.78, 5) is 0. The molecule has 0 fully saturated rings. The molecule has 0 atom stereocenters. The molecule has 24 heavy (non-hydrogen) atoms. The van der Waals surface area contributed by atoms with E-state index in [0.717, 1.165) is 0 Å². The molecule has 0 aliphatic carbocycles. The van der Waals surface area contributed by atoms with E-state index in [4.69, 9.17) is 0 Å². The molecule has 0 nitrogen and oxygen atoms in total. The molecule has 0 aromatic heterocycles. The summed E-state index contributed by atoms with van der Waals surface area (Å²) >= 11 is 0. The number of hydrogen-bond acceptors (Lipinski definition) is 0. The van der Waals surface area contributed by atoms with Crippen LogP contribution in [-0.4, -0.2) is 16.8 Å². The minimum absolute atomic E-state index is 0.516. The van der Waals surface area contributed by atoms with Gasteiger partial charge in [-0.1, -0.05) is 94.2 Å². The molecule has 0 radical (unpaired) electrons. The predicted molar refractivity (Wildman–Crippen MR) is 108 cm³/mol. The van der Waals surface area contributed by atoms with Crippen LogP contribution in [0.4, 0.5) is 8.22 Å². The molecule has 0 saturated carbocycles. The number of rotatable bonds is 0. The predicted octanol–water partition coefficient (Wildman–Crippen LogP) is 7.10. The van der Waals surface area contributed by atoms with Gasteiger partial charge in [-0.05, 0) is 32.0 Å². The maximum Gasteiger partial charge on any atom is 0.334 e. The minimum Gasteiger partial charge on any atom is -0.296 e. The maximum absolute atomic E-state index is 15.7. The van der Waals surface area contributed by atoms with E-state index >= 15 is 8.22 Å². The van der Waals surface area contributed by atoms with Crippen LogP contribution < -0.4 is 0 Å². The van der Waals surface area contributed by atoms with Crippen molar-refractivity contribution in [2.45, 2.75) is 103 Å². The third-order valence-electron chi connectivity index (χ3n) is 4.67. The van der Waals surface area contributed by atoms with E-state index in [0.29, 0.717) is 0 Å². The molecule has 4 heteroatoms. The summed E-state index contributed by atoms with van der Waals surface area (Å²) < 4.78 is 31.4. The van der Waals surface area contributed by atoms with Crippen molar-refractivity contribution in [3.8, 4) is 22.9 Å². The van der Waals surface area contributed by atoms with E-state index in [1.54, 1.807) is 0 Å². The van der Waals surface area contributed by atoms with E-state index in [2.05, 4.69) is 22.9 Å². The Morgan fingerprint density at radius 2 is 0.625 bits per heavy atom. The van der Waals surface area contributed by atoms with Crippen LogP contribution in [-0.2, 0) is 0 Å². The quantitative estimate of drug-likeness (QED) is 0.242. The van der Waals surface area contributed by atoms with Gasteiger partial charge >= 0.3 is 16.8 Å². The fourth-order valence-electron chi connectivity index (χ4n) is 3.23. The van der Waals surface area contributed by atoms with Crippen molar-refractivity contribution < 1.29 is 8.22 Å². The van der Waals surface area contributed by atoms with Crippen LogP contribution >= 0.6 is 0 Å².